The second-order valence-electron chi connectivity index (χ2n) is 7.64. The fourth-order valence-electron chi connectivity index (χ4n) is 3.85. The molecule has 1 aliphatic heterocycles. The Bertz CT molecular complexity index is 640. The molecule has 0 radical (unpaired) electrons. The van der Waals surface area contributed by atoms with Crippen LogP contribution in [0.25, 0.3) is 0 Å². The van der Waals surface area contributed by atoms with Crippen molar-refractivity contribution >= 4 is 29.0 Å². The Morgan fingerprint density at radius 3 is 2.67 bits per heavy atom. The maximum Gasteiger partial charge on any atom is 0.338 e. The summed E-state index contributed by atoms with van der Waals surface area (Å²) in [5.41, 5.74) is 2.24. The average molecular weight is 392 g/mol. The van der Waals surface area contributed by atoms with Gasteiger partial charge < -0.3 is 20.3 Å². The van der Waals surface area contributed by atoms with Gasteiger partial charge in [-0.3, -0.25) is 0 Å². The van der Waals surface area contributed by atoms with E-state index in [0.29, 0.717) is 17.3 Å². The summed E-state index contributed by atoms with van der Waals surface area (Å²) >= 11 is 5.41. The minimum absolute atomic E-state index is 0.303. The van der Waals surface area contributed by atoms with E-state index < -0.39 is 0 Å². The van der Waals surface area contributed by atoms with Gasteiger partial charge >= 0.3 is 5.97 Å². The van der Waals surface area contributed by atoms with Crippen molar-refractivity contribution in [1.82, 2.24) is 10.2 Å². The summed E-state index contributed by atoms with van der Waals surface area (Å²) in [6.07, 6.45) is 2.40. The molecule has 2 atom stereocenters. The third-order valence-electron chi connectivity index (χ3n) is 4.96. The molecule has 27 heavy (non-hydrogen) atoms. The van der Waals surface area contributed by atoms with Crippen molar-refractivity contribution in [3.05, 3.63) is 29.3 Å². The Labute approximate surface area is 168 Å². The van der Waals surface area contributed by atoms with Crippen molar-refractivity contribution in [2.45, 2.75) is 40.5 Å². The Morgan fingerprint density at radius 2 is 2.00 bits per heavy atom. The molecule has 0 saturated carbocycles. The topological polar surface area (TPSA) is 53.6 Å². The van der Waals surface area contributed by atoms with E-state index in [-0.39, 0.29) is 5.97 Å². The van der Waals surface area contributed by atoms with Crippen molar-refractivity contribution in [3.63, 3.8) is 0 Å². The van der Waals surface area contributed by atoms with E-state index in [9.17, 15) is 4.79 Å². The Balaban J connectivity index is 1.77. The first-order valence-electron chi connectivity index (χ1n) is 9.94. The number of carbonyl (C=O) groups is 1. The molecule has 0 aromatic heterocycles. The summed E-state index contributed by atoms with van der Waals surface area (Å²) in [5.74, 6) is 1.28. The first-order valence-corrected chi connectivity index (χ1v) is 10.4. The molecule has 1 heterocycles. The second-order valence-corrected chi connectivity index (χ2v) is 8.05. The van der Waals surface area contributed by atoms with E-state index in [1.807, 2.05) is 19.1 Å². The molecule has 1 aromatic carbocycles. The largest absolute Gasteiger partial charge is 0.462 e. The molecule has 0 aliphatic carbocycles. The highest BCUT2D eigenvalue weighted by Crippen LogP contribution is 2.21. The van der Waals surface area contributed by atoms with Gasteiger partial charge in [-0.15, -0.1) is 0 Å². The molecule has 6 heteroatoms. The molecule has 0 spiro atoms. The van der Waals surface area contributed by atoms with Crippen LogP contribution in [0.2, 0.25) is 0 Å². The third-order valence-corrected chi connectivity index (χ3v) is 5.20. The molecule has 2 N–H and O–H groups in total. The van der Waals surface area contributed by atoms with Crippen LogP contribution in [-0.4, -0.2) is 48.8 Å². The van der Waals surface area contributed by atoms with E-state index in [1.165, 1.54) is 19.5 Å². The number of rotatable bonds is 7. The Kier molecular flexibility index (Phi) is 8.51. The summed E-state index contributed by atoms with van der Waals surface area (Å²) in [4.78, 5) is 14.6. The van der Waals surface area contributed by atoms with Crippen LogP contribution in [0.4, 0.5) is 5.69 Å². The number of esters is 1. The Hall–Kier alpha value is -1.66. The van der Waals surface area contributed by atoms with Gasteiger partial charge in [0, 0.05) is 25.3 Å². The minimum Gasteiger partial charge on any atom is -0.462 e. The predicted octanol–water partition coefficient (Wildman–Crippen LogP) is 3.83. The second kappa shape index (κ2) is 10.6. The van der Waals surface area contributed by atoms with Crippen LogP contribution >= 0.6 is 12.2 Å². The van der Waals surface area contributed by atoms with Gasteiger partial charge in [0.05, 0.1) is 12.2 Å². The number of ether oxygens (including phenoxy) is 1. The number of carbonyl (C=O) groups excluding carboxylic acids is 1. The van der Waals surface area contributed by atoms with Gasteiger partial charge in [-0.1, -0.05) is 19.9 Å². The zero-order valence-corrected chi connectivity index (χ0v) is 17.8. The van der Waals surface area contributed by atoms with E-state index in [0.717, 1.165) is 42.6 Å². The van der Waals surface area contributed by atoms with Crippen LogP contribution in [0.5, 0.6) is 0 Å². The predicted molar refractivity (Wildman–Crippen MR) is 115 cm³/mol. The highest BCUT2D eigenvalue weighted by Gasteiger charge is 2.21. The van der Waals surface area contributed by atoms with Gasteiger partial charge in [0.15, 0.2) is 5.11 Å². The zero-order chi connectivity index (χ0) is 19.8. The van der Waals surface area contributed by atoms with Gasteiger partial charge in [0.1, 0.15) is 0 Å². The summed E-state index contributed by atoms with van der Waals surface area (Å²) in [6.45, 7) is 13.1. The van der Waals surface area contributed by atoms with E-state index >= 15 is 0 Å². The first kappa shape index (κ1) is 21.6. The smallest absolute Gasteiger partial charge is 0.338 e. The number of anilines is 1. The van der Waals surface area contributed by atoms with Gasteiger partial charge in [-0.2, -0.15) is 0 Å². The molecule has 5 nitrogen and oxygen atoms in total. The van der Waals surface area contributed by atoms with Crippen LogP contribution in [0, 0.1) is 18.8 Å². The maximum absolute atomic E-state index is 12.0. The number of benzene rings is 1. The molecule has 1 aromatic rings. The summed E-state index contributed by atoms with van der Waals surface area (Å²) in [6, 6.07) is 5.53. The fourth-order valence-corrected chi connectivity index (χ4v) is 4.06. The van der Waals surface area contributed by atoms with Gasteiger partial charge in [-0.25, -0.2) is 4.79 Å². The molecule has 150 valence electrons. The standard InChI is InChI=1S/C21H33N3O2S/c1-5-26-20(25)18-8-6-9-19(17(18)4)23-21(27)22-10-7-11-24-13-15(2)12-16(3)14-24/h6,8-9,15-16H,5,7,10-14H2,1-4H3,(H2,22,23,27)/t15-,16-/m0/s1. The summed E-state index contributed by atoms with van der Waals surface area (Å²) < 4.78 is 5.10. The number of nitrogens with zero attached hydrogens (tertiary/aromatic N) is 1. The third kappa shape index (κ3) is 6.78. The number of likely N-dealkylation sites (tertiary alicyclic amines) is 1. The summed E-state index contributed by atoms with van der Waals surface area (Å²) in [7, 11) is 0. The monoisotopic (exact) mass is 391 g/mol. The first-order chi connectivity index (χ1) is 12.9. The lowest BCUT2D eigenvalue weighted by atomic mass is 9.92. The average Bonchev–Trinajstić information content (AvgIpc) is 2.60. The molecule has 1 saturated heterocycles. The molecule has 0 amide bonds. The lowest BCUT2D eigenvalue weighted by molar-refractivity contribution is 0.0525. The lowest BCUT2D eigenvalue weighted by Gasteiger charge is -2.35. The van der Waals surface area contributed by atoms with E-state index in [4.69, 9.17) is 17.0 Å². The van der Waals surface area contributed by atoms with Crippen LogP contribution in [-0.2, 0) is 4.74 Å². The van der Waals surface area contributed by atoms with Crippen molar-refractivity contribution in [2.24, 2.45) is 11.8 Å². The van der Waals surface area contributed by atoms with Gasteiger partial charge in [0.2, 0.25) is 0 Å². The van der Waals surface area contributed by atoms with E-state index in [2.05, 4.69) is 29.4 Å². The highest BCUT2D eigenvalue weighted by molar-refractivity contribution is 7.80. The molecule has 1 fully saturated rings. The number of thiocarbonyl (C=S) groups is 1. The van der Waals surface area contributed by atoms with Crippen molar-refractivity contribution in [3.8, 4) is 0 Å². The van der Waals surface area contributed by atoms with Gasteiger partial charge in [0.25, 0.3) is 0 Å². The molecular weight excluding hydrogens is 358 g/mol. The molecule has 1 aliphatic rings. The number of hydrogen-bond donors (Lipinski definition) is 2. The number of piperidine rings is 1. The zero-order valence-electron chi connectivity index (χ0n) is 17.0. The Morgan fingerprint density at radius 1 is 1.30 bits per heavy atom. The van der Waals surface area contributed by atoms with Crippen molar-refractivity contribution in [1.29, 1.82) is 0 Å². The molecule has 2 rings (SSSR count). The fraction of sp³-hybridized carbons (Fsp3) is 0.619. The highest BCUT2D eigenvalue weighted by atomic mass is 32.1. The lowest BCUT2D eigenvalue weighted by Crippen LogP contribution is -2.40. The van der Waals surface area contributed by atoms with Gasteiger partial charge in [-0.05, 0) is 75.0 Å². The van der Waals surface area contributed by atoms with Crippen LogP contribution < -0.4 is 10.6 Å². The van der Waals surface area contributed by atoms with E-state index in [1.54, 1.807) is 13.0 Å². The van der Waals surface area contributed by atoms with Crippen LogP contribution in [0.3, 0.4) is 0 Å². The molecule has 0 unspecified atom stereocenters. The minimum atomic E-state index is -0.303. The van der Waals surface area contributed by atoms with Crippen molar-refractivity contribution in [2.75, 3.05) is 38.1 Å². The van der Waals surface area contributed by atoms with Crippen molar-refractivity contribution < 1.29 is 9.53 Å². The van der Waals surface area contributed by atoms with Crippen LogP contribution in [0.15, 0.2) is 18.2 Å². The van der Waals surface area contributed by atoms with Crippen LogP contribution in [0.1, 0.15) is 49.5 Å². The molecule has 0 bridgehead atoms. The molecular formula is C21H33N3O2S. The number of hydrogen-bond acceptors (Lipinski definition) is 4. The maximum atomic E-state index is 12.0. The quantitative estimate of drug-likeness (QED) is 0.419. The number of nitrogens with one attached hydrogen (secondary N) is 2. The summed E-state index contributed by atoms with van der Waals surface area (Å²) in [5, 5.41) is 7.05. The normalized spacial score (nSPS) is 20.1. The SMILES string of the molecule is CCOC(=O)c1cccc(NC(=S)NCCCN2C[C@@H](C)C[C@H](C)C2)c1C.